The van der Waals surface area contributed by atoms with Crippen LogP contribution >= 0.6 is 0 Å². The minimum atomic E-state index is -0.303. The number of rotatable bonds is 10. The minimum Gasteiger partial charge on any atom is -0.497 e. The van der Waals surface area contributed by atoms with Crippen LogP contribution in [-0.2, 0) is 0 Å². The van der Waals surface area contributed by atoms with Crippen LogP contribution in [0.4, 0.5) is 15.8 Å². The number of unbranched alkanes of at least 4 members (excludes halogenated alkanes) is 1. The molecule has 0 aliphatic heterocycles. The van der Waals surface area contributed by atoms with Gasteiger partial charge < -0.3 is 20.1 Å². The molecule has 168 valence electrons. The van der Waals surface area contributed by atoms with Crippen LogP contribution in [0.1, 0.15) is 31.4 Å². The predicted molar refractivity (Wildman–Crippen MR) is 130 cm³/mol. The predicted octanol–water partition coefficient (Wildman–Crippen LogP) is 6.31. The minimum absolute atomic E-state index is 0.274. The highest BCUT2D eigenvalue weighted by molar-refractivity contribution is 6.01. The summed E-state index contributed by atoms with van der Waals surface area (Å²) in [6.45, 7) is 2.83. The van der Waals surface area contributed by atoms with Gasteiger partial charge in [0.05, 0.1) is 14.2 Å². The van der Waals surface area contributed by atoms with Crippen LogP contribution in [0.3, 0.4) is 0 Å². The van der Waals surface area contributed by atoms with Gasteiger partial charge in [0, 0.05) is 17.9 Å². The first-order chi connectivity index (χ1) is 15.6. The first-order valence-electron chi connectivity index (χ1n) is 10.7. The second kappa shape index (κ2) is 11.7. The van der Waals surface area contributed by atoms with Crippen molar-refractivity contribution in [2.24, 2.45) is 4.99 Å². The lowest BCUT2D eigenvalue weighted by Crippen LogP contribution is -2.28. The maximum absolute atomic E-state index is 13.6. The highest BCUT2D eigenvalue weighted by Gasteiger charge is 2.19. The standard InChI is InChI=1S/C26H30FN3O2/c1-4-5-18-28-26(30-22-12-16-24(32-3)17-13-22)25(19-6-8-20(27)9-7-19)29-21-10-14-23(31-2)15-11-21/h6-17,25,29H,4-5,18H2,1-3H3,(H,28,30). The summed E-state index contributed by atoms with van der Waals surface area (Å²) in [4.78, 5) is 4.87. The number of halogens is 1. The van der Waals surface area contributed by atoms with Gasteiger partial charge in [0.2, 0.25) is 0 Å². The van der Waals surface area contributed by atoms with Crippen LogP contribution in [0.2, 0.25) is 0 Å². The first-order valence-corrected chi connectivity index (χ1v) is 10.7. The number of benzene rings is 3. The fourth-order valence-electron chi connectivity index (χ4n) is 3.20. The van der Waals surface area contributed by atoms with Crippen molar-refractivity contribution in [1.82, 2.24) is 0 Å². The summed E-state index contributed by atoms with van der Waals surface area (Å²) in [6, 6.07) is 21.6. The Labute approximate surface area is 189 Å². The average molecular weight is 436 g/mol. The zero-order valence-corrected chi connectivity index (χ0v) is 18.8. The first kappa shape index (κ1) is 23.1. The second-order valence-electron chi connectivity index (χ2n) is 7.33. The number of amidine groups is 1. The molecular weight excluding hydrogens is 405 g/mol. The lowest BCUT2D eigenvalue weighted by atomic mass is 10.0. The van der Waals surface area contributed by atoms with Crippen LogP contribution in [0, 0.1) is 5.82 Å². The molecule has 2 N–H and O–H groups in total. The molecule has 1 atom stereocenters. The van der Waals surface area contributed by atoms with Crippen LogP contribution < -0.4 is 20.1 Å². The lowest BCUT2D eigenvalue weighted by Gasteiger charge is -2.24. The summed E-state index contributed by atoms with van der Waals surface area (Å²) >= 11 is 0. The smallest absolute Gasteiger partial charge is 0.128 e. The average Bonchev–Trinajstić information content (AvgIpc) is 2.83. The van der Waals surface area contributed by atoms with E-state index < -0.39 is 0 Å². The molecule has 32 heavy (non-hydrogen) atoms. The van der Waals surface area contributed by atoms with E-state index in [2.05, 4.69) is 17.6 Å². The molecule has 0 spiro atoms. The second-order valence-corrected chi connectivity index (χ2v) is 7.33. The van der Waals surface area contributed by atoms with Crippen molar-refractivity contribution in [1.29, 1.82) is 0 Å². The molecule has 0 heterocycles. The van der Waals surface area contributed by atoms with E-state index in [9.17, 15) is 4.39 Å². The summed E-state index contributed by atoms with van der Waals surface area (Å²) < 4.78 is 24.2. The summed E-state index contributed by atoms with van der Waals surface area (Å²) in [7, 11) is 3.28. The third kappa shape index (κ3) is 6.48. The number of methoxy groups -OCH3 is 2. The van der Waals surface area contributed by atoms with Crippen molar-refractivity contribution in [3.05, 3.63) is 84.2 Å². The van der Waals surface area contributed by atoms with Crippen LogP contribution in [0.25, 0.3) is 0 Å². The lowest BCUT2D eigenvalue weighted by molar-refractivity contribution is 0.415. The number of ether oxygens (including phenoxy) is 2. The zero-order chi connectivity index (χ0) is 22.8. The maximum atomic E-state index is 13.6. The van der Waals surface area contributed by atoms with Crippen molar-refractivity contribution >= 4 is 17.2 Å². The van der Waals surface area contributed by atoms with Crippen molar-refractivity contribution in [2.45, 2.75) is 25.8 Å². The molecular formula is C26H30FN3O2. The number of nitrogens with one attached hydrogen (secondary N) is 2. The molecule has 6 heteroatoms. The van der Waals surface area contributed by atoms with E-state index in [0.29, 0.717) is 6.54 Å². The third-order valence-electron chi connectivity index (χ3n) is 5.03. The van der Waals surface area contributed by atoms with Gasteiger partial charge in [-0.2, -0.15) is 0 Å². The molecule has 3 rings (SSSR count). The molecule has 5 nitrogen and oxygen atoms in total. The molecule has 0 aromatic heterocycles. The van der Waals surface area contributed by atoms with Crippen molar-refractivity contribution < 1.29 is 13.9 Å². The van der Waals surface area contributed by atoms with E-state index in [1.165, 1.54) is 12.1 Å². The van der Waals surface area contributed by atoms with Gasteiger partial charge in [-0.25, -0.2) is 4.39 Å². The van der Waals surface area contributed by atoms with Crippen LogP contribution in [0.15, 0.2) is 77.8 Å². The maximum Gasteiger partial charge on any atom is 0.128 e. The molecule has 0 radical (unpaired) electrons. The monoisotopic (exact) mass is 435 g/mol. The van der Waals surface area contributed by atoms with Gasteiger partial charge in [0.25, 0.3) is 0 Å². The fraction of sp³-hybridized carbons (Fsp3) is 0.269. The molecule has 0 amide bonds. The SMILES string of the molecule is CCCCN=C(Nc1ccc(OC)cc1)C(Nc1ccc(OC)cc1)c1ccc(F)cc1. The summed E-state index contributed by atoms with van der Waals surface area (Å²) in [5, 5.41) is 7.00. The Bertz CT molecular complexity index is 987. The Morgan fingerprint density at radius 2 is 1.41 bits per heavy atom. The molecule has 0 aliphatic carbocycles. The number of aliphatic imine (C=N–C) groups is 1. The van der Waals surface area contributed by atoms with Gasteiger partial charge >= 0.3 is 0 Å². The highest BCUT2D eigenvalue weighted by Crippen LogP contribution is 2.25. The van der Waals surface area contributed by atoms with E-state index in [1.54, 1.807) is 26.4 Å². The molecule has 0 saturated carbocycles. The van der Waals surface area contributed by atoms with E-state index in [4.69, 9.17) is 14.5 Å². The normalized spacial score (nSPS) is 12.2. The number of hydrogen-bond donors (Lipinski definition) is 2. The molecule has 0 saturated heterocycles. The number of nitrogens with zero attached hydrogens (tertiary/aromatic N) is 1. The quantitative estimate of drug-likeness (QED) is 0.223. The number of hydrogen-bond acceptors (Lipinski definition) is 4. The van der Waals surface area contributed by atoms with Gasteiger partial charge in [-0.3, -0.25) is 4.99 Å². The van der Waals surface area contributed by atoms with Crippen molar-refractivity contribution in [2.75, 3.05) is 31.4 Å². The van der Waals surface area contributed by atoms with Crippen LogP contribution in [-0.4, -0.2) is 26.6 Å². The van der Waals surface area contributed by atoms with E-state index >= 15 is 0 Å². The molecule has 0 aliphatic rings. The van der Waals surface area contributed by atoms with E-state index in [-0.39, 0.29) is 11.9 Å². The van der Waals surface area contributed by atoms with Crippen molar-refractivity contribution in [3.63, 3.8) is 0 Å². The Morgan fingerprint density at radius 3 is 1.94 bits per heavy atom. The third-order valence-corrected chi connectivity index (χ3v) is 5.03. The Balaban J connectivity index is 1.95. The van der Waals surface area contributed by atoms with E-state index in [0.717, 1.165) is 47.1 Å². The molecule has 3 aromatic rings. The topological polar surface area (TPSA) is 54.9 Å². The zero-order valence-electron chi connectivity index (χ0n) is 18.8. The van der Waals surface area contributed by atoms with Gasteiger partial charge in [-0.05, 0) is 72.6 Å². The van der Waals surface area contributed by atoms with Gasteiger partial charge in [-0.15, -0.1) is 0 Å². The van der Waals surface area contributed by atoms with Crippen LogP contribution in [0.5, 0.6) is 11.5 Å². The van der Waals surface area contributed by atoms with E-state index in [1.807, 2.05) is 48.5 Å². The van der Waals surface area contributed by atoms with Crippen molar-refractivity contribution in [3.8, 4) is 11.5 Å². The fourth-order valence-corrected chi connectivity index (χ4v) is 3.20. The number of anilines is 2. The Kier molecular flexibility index (Phi) is 8.49. The Hall–Kier alpha value is -3.54. The van der Waals surface area contributed by atoms with Gasteiger partial charge in [-0.1, -0.05) is 25.5 Å². The van der Waals surface area contributed by atoms with Gasteiger partial charge in [0.15, 0.2) is 0 Å². The van der Waals surface area contributed by atoms with Gasteiger partial charge in [0.1, 0.15) is 29.2 Å². The highest BCUT2D eigenvalue weighted by atomic mass is 19.1. The molecule has 1 unspecified atom stereocenters. The largest absolute Gasteiger partial charge is 0.497 e. The Morgan fingerprint density at radius 1 is 0.844 bits per heavy atom. The summed E-state index contributed by atoms with van der Waals surface area (Å²) in [5.74, 6) is 2.05. The summed E-state index contributed by atoms with van der Waals surface area (Å²) in [5.41, 5.74) is 2.70. The molecule has 3 aromatic carbocycles. The molecule has 0 fully saturated rings. The summed E-state index contributed by atoms with van der Waals surface area (Å²) in [6.07, 6.45) is 2.03. The molecule has 0 bridgehead atoms.